The van der Waals surface area contributed by atoms with Gasteiger partial charge in [-0.15, -0.1) is 0 Å². The standard InChI is InChI=1S/C58H63N4O14PSSi/c1-38-34-61(56(66)59-54(38)64)52-32-48(73-40(3)63)51(75-52)37-72-77(78,71-30-31-79(6,46-18-12-8-13-19-46)47-20-14-9-15-21-47)76-49-33-53(62-35-39(2)55(65)60-57(62)67)74-50(49)36-70-58(41-16-10-7-11-17-41,42-22-26-44(68-4)27-23-42)43-24-28-45(69-5)29-25-43/h7-29,34-35,48-53H,30-33,36-37H2,1-6H3,(H,59,64,66)(H,60,65,67)/t48-,49-,50+,51+,52+,53+,77?/m0/s1. The fraction of sp³-hybridized carbons (Fsp3) is 0.328. The van der Waals surface area contributed by atoms with Crippen LogP contribution in [0.1, 0.15) is 60.0 Å². The number of hydrogen-bond donors (Lipinski definition) is 2. The third kappa shape index (κ3) is 12.6. The van der Waals surface area contributed by atoms with Crippen LogP contribution < -0.4 is 42.3 Å². The van der Waals surface area contributed by atoms with E-state index in [0.29, 0.717) is 17.5 Å². The Morgan fingerprint density at radius 2 is 1.09 bits per heavy atom. The van der Waals surface area contributed by atoms with Gasteiger partial charge in [-0.25, -0.2) is 9.59 Å². The maximum atomic E-state index is 13.7. The molecule has 7 aromatic rings. The number of carbonyl (C=O) groups is 1. The minimum Gasteiger partial charge on any atom is -0.497 e. The molecule has 2 aromatic heterocycles. The number of benzene rings is 5. The van der Waals surface area contributed by atoms with Gasteiger partial charge in [0.2, 0.25) is 0 Å². The second-order valence-corrected chi connectivity index (χ2v) is 27.0. The fourth-order valence-corrected chi connectivity index (χ4v) is 15.8. The normalized spacial score (nSPS) is 20.1. The molecule has 18 nitrogen and oxygen atoms in total. The van der Waals surface area contributed by atoms with Crippen molar-refractivity contribution in [2.24, 2.45) is 0 Å². The van der Waals surface area contributed by atoms with E-state index in [2.05, 4.69) is 40.8 Å². The fourth-order valence-electron chi connectivity index (χ4n) is 10.2. The minimum absolute atomic E-state index is 0.0149. The lowest BCUT2D eigenvalue weighted by Crippen LogP contribution is -2.56. The number of aryl methyl sites for hydroxylation is 2. The van der Waals surface area contributed by atoms with Gasteiger partial charge in [-0.3, -0.25) is 33.5 Å². The molecule has 9 rings (SSSR count). The Morgan fingerprint density at radius 1 is 0.646 bits per heavy atom. The predicted molar refractivity (Wildman–Crippen MR) is 303 cm³/mol. The molecule has 2 fully saturated rings. The highest BCUT2D eigenvalue weighted by atomic mass is 32.5. The van der Waals surface area contributed by atoms with Gasteiger partial charge in [-0.05, 0) is 72.7 Å². The van der Waals surface area contributed by atoms with Gasteiger partial charge in [-0.1, -0.05) is 132 Å². The highest BCUT2D eigenvalue weighted by Gasteiger charge is 2.47. The lowest BCUT2D eigenvalue weighted by atomic mass is 9.80. The Bertz CT molecular complexity index is 3420. The van der Waals surface area contributed by atoms with E-state index in [1.54, 1.807) is 28.1 Å². The molecular weight excluding hydrogens is 1070 g/mol. The van der Waals surface area contributed by atoms with Gasteiger partial charge in [-0.2, -0.15) is 0 Å². The van der Waals surface area contributed by atoms with Gasteiger partial charge in [0.15, 0.2) is 0 Å². The number of carbonyl (C=O) groups excluding carboxylic acids is 1. The molecular formula is C58H63N4O14PSSi. The predicted octanol–water partition coefficient (Wildman–Crippen LogP) is 6.77. The van der Waals surface area contributed by atoms with Crippen molar-refractivity contribution in [1.29, 1.82) is 0 Å². The molecule has 0 bridgehead atoms. The molecule has 79 heavy (non-hydrogen) atoms. The third-order valence-electron chi connectivity index (χ3n) is 14.6. The van der Waals surface area contributed by atoms with E-state index < -0.39 is 85.7 Å². The quantitative estimate of drug-likeness (QED) is 0.0311. The Morgan fingerprint density at radius 3 is 1.56 bits per heavy atom. The van der Waals surface area contributed by atoms with Gasteiger partial charge in [0, 0.05) is 43.3 Å². The number of aromatic amines is 2. The summed E-state index contributed by atoms with van der Waals surface area (Å²) in [7, 11) is 0.648. The Labute approximate surface area is 462 Å². The van der Waals surface area contributed by atoms with Crippen LogP contribution in [-0.2, 0) is 54.7 Å². The van der Waals surface area contributed by atoms with Crippen molar-refractivity contribution in [1.82, 2.24) is 19.1 Å². The number of aromatic nitrogens is 4. The first-order valence-corrected chi connectivity index (χ1v) is 31.1. The van der Waals surface area contributed by atoms with Crippen molar-refractivity contribution in [3.63, 3.8) is 0 Å². The van der Waals surface area contributed by atoms with Crippen LogP contribution in [0.15, 0.2) is 171 Å². The van der Waals surface area contributed by atoms with Crippen LogP contribution >= 0.6 is 6.72 Å². The molecule has 2 aliphatic rings. The van der Waals surface area contributed by atoms with E-state index in [0.717, 1.165) is 16.7 Å². The van der Waals surface area contributed by atoms with Gasteiger partial charge < -0.3 is 42.0 Å². The smallest absolute Gasteiger partial charge is 0.330 e. The molecule has 0 spiro atoms. The monoisotopic (exact) mass is 1130 g/mol. The van der Waals surface area contributed by atoms with E-state index in [-0.39, 0.29) is 43.8 Å². The molecule has 0 radical (unpaired) electrons. The van der Waals surface area contributed by atoms with Crippen molar-refractivity contribution in [2.75, 3.05) is 34.0 Å². The van der Waals surface area contributed by atoms with Crippen LogP contribution in [0.2, 0.25) is 12.6 Å². The van der Waals surface area contributed by atoms with Crippen molar-refractivity contribution in [2.45, 2.75) is 88.7 Å². The zero-order chi connectivity index (χ0) is 55.9. The Kier molecular flexibility index (Phi) is 17.8. The molecule has 21 heteroatoms. The second kappa shape index (κ2) is 24.7. The minimum atomic E-state index is -4.00. The summed E-state index contributed by atoms with van der Waals surface area (Å²) in [5.74, 6) is 0.677. The van der Waals surface area contributed by atoms with Crippen molar-refractivity contribution >= 4 is 42.9 Å². The number of esters is 1. The topological polar surface area (TPSA) is 210 Å². The number of H-pyrrole nitrogens is 2. The first kappa shape index (κ1) is 56.9. The third-order valence-corrected chi connectivity index (χ3v) is 21.4. The second-order valence-electron chi connectivity index (χ2n) is 19.7. The lowest BCUT2D eigenvalue weighted by molar-refractivity contribution is -0.150. The molecule has 5 aromatic carbocycles. The summed E-state index contributed by atoms with van der Waals surface area (Å²) in [5, 5.41) is 2.34. The molecule has 0 amide bonds. The lowest BCUT2D eigenvalue weighted by Gasteiger charge is -2.37. The Balaban J connectivity index is 1.10. The highest BCUT2D eigenvalue weighted by molar-refractivity contribution is 8.07. The van der Waals surface area contributed by atoms with Crippen LogP contribution in [0.25, 0.3) is 0 Å². The first-order chi connectivity index (χ1) is 38.0. The summed E-state index contributed by atoms with van der Waals surface area (Å²) in [4.78, 5) is 69.1. The zero-order valence-corrected chi connectivity index (χ0v) is 47.3. The first-order valence-electron chi connectivity index (χ1n) is 25.8. The van der Waals surface area contributed by atoms with Crippen LogP contribution in [0.5, 0.6) is 11.5 Å². The summed E-state index contributed by atoms with van der Waals surface area (Å²) in [5.41, 5.74) is -0.959. The molecule has 0 aliphatic carbocycles. The summed E-state index contributed by atoms with van der Waals surface area (Å²) < 4.78 is 60.7. The van der Waals surface area contributed by atoms with E-state index >= 15 is 0 Å². The van der Waals surface area contributed by atoms with Crippen LogP contribution in [0, 0.1) is 13.8 Å². The molecule has 414 valence electrons. The van der Waals surface area contributed by atoms with Crippen LogP contribution in [-0.4, -0.2) is 91.6 Å². The van der Waals surface area contributed by atoms with E-state index in [4.69, 9.17) is 53.8 Å². The molecule has 2 saturated heterocycles. The van der Waals surface area contributed by atoms with Gasteiger partial charge in [0.05, 0.1) is 40.1 Å². The van der Waals surface area contributed by atoms with Crippen molar-refractivity contribution < 1.29 is 46.8 Å². The summed E-state index contributed by atoms with van der Waals surface area (Å²) in [6, 6.07) is 45.9. The SMILES string of the molecule is COc1ccc(C(OC[C@H]2O[C@@H](n3cc(C)c(=O)[nH]c3=O)C[C@@H]2OP(=S)(OCC[Si](C)(c2ccccc2)c2ccccc2)OC[C@H]2O[C@@H](n3cc(C)c(=O)[nH]c3=O)C[C@@H]2OC(C)=O)(c2ccccc2)c2ccc(OC)cc2)cc1. The number of nitrogens with zero attached hydrogens (tertiary/aromatic N) is 2. The van der Waals surface area contributed by atoms with Crippen LogP contribution in [0.3, 0.4) is 0 Å². The largest absolute Gasteiger partial charge is 0.497 e. The molecule has 4 heterocycles. The number of methoxy groups -OCH3 is 2. The Hall–Kier alpha value is -6.84. The number of ether oxygens (including phenoxy) is 6. The maximum absolute atomic E-state index is 13.7. The van der Waals surface area contributed by atoms with Gasteiger partial charge in [0.25, 0.3) is 11.1 Å². The van der Waals surface area contributed by atoms with Gasteiger partial charge >= 0.3 is 24.1 Å². The van der Waals surface area contributed by atoms with E-state index in [9.17, 15) is 24.0 Å². The van der Waals surface area contributed by atoms with E-state index in [1.807, 2.05) is 115 Å². The molecule has 1 unspecified atom stereocenters. The highest BCUT2D eigenvalue weighted by Crippen LogP contribution is 2.55. The van der Waals surface area contributed by atoms with E-state index in [1.165, 1.54) is 38.8 Å². The molecule has 2 N–H and O–H groups in total. The van der Waals surface area contributed by atoms with Crippen molar-refractivity contribution in [3.05, 3.63) is 221 Å². The summed E-state index contributed by atoms with van der Waals surface area (Å²) in [6.07, 6.45) is -2.98. The average molecular weight is 1130 g/mol. The average Bonchev–Trinajstić information content (AvgIpc) is 4.17. The summed E-state index contributed by atoms with van der Waals surface area (Å²) >= 11 is 6.47. The van der Waals surface area contributed by atoms with Crippen molar-refractivity contribution in [3.8, 4) is 11.5 Å². The number of nitrogens with one attached hydrogen (secondary N) is 2. The van der Waals surface area contributed by atoms with Crippen LogP contribution in [0.4, 0.5) is 0 Å². The molecule has 2 aliphatic heterocycles. The molecule has 7 atom stereocenters. The maximum Gasteiger partial charge on any atom is 0.330 e. The molecule has 0 saturated carbocycles. The summed E-state index contributed by atoms with van der Waals surface area (Å²) in [6.45, 7) is 2.28. The van der Waals surface area contributed by atoms with Gasteiger partial charge in [0.1, 0.15) is 55.9 Å². The number of rotatable bonds is 22. The number of hydrogen-bond acceptors (Lipinski definition) is 15. The zero-order valence-electron chi connectivity index (χ0n) is 44.6.